The Hall–Kier alpha value is -2.34. The lowest BCUT2D eigenvalue weighted by Gasteiger charge is -2.28. The Balaban J connectivity index is 1.88. The van der Waals surface area contributed by atoms with Crippen molar-refractivity contribution < 1.29 is 19.1 Å². The molecular weight excluding hydrogens is 410 g/mol. The number of cyclic esters (lactones) is 1. The number of nitrogens with zero attached hydrogens (tertiary/aromatic N) is 1. The molecule has 1 saturated heterocycles. The highest BCUT2D eigenvalue weighted by Gasteiger charge is 2.48. The van der Waals surface area contributed by atoms with Crippen LogP contribution in [0.5, 0.6) is 0 Å². The van der Waals surface area contributed by atoms with E-state index in [0.717, 1.165) is 15.6 Å². The van der Waals surface area contributed by atoms with Gasteiger partial charge in [-0.3, -0.25) is 9.69 Å². The Bertz CT molecular complexity index is 809. The molecule has 5 nitrogen and oxygen atoms in total. The maximum absolute atomic E-state index is 12.7. The largest absolute Gasteiger partial charge is 0.469 e. The molecule has 0 radical (unpaired) electrons. The van der Waals surface area contributed by atoms with Crippen molar-refractivity contribution in [1.82, 2.24) is 4.90 Å². The number of esters is 1. The van der Waals surface area contributed by atoms with E-state index in [4.69, 9.17) is 9.47 Å². The van der Waals surface area contributed by atoms with Gasteiger partial charge in [0.1, 0.15) is 0 Å². The second-order valence-corrected chi connectivity index (χ2v) is 7.58. The summed E-state index contributed by atoms with van der Waals surface area (Å²) in [5.41, 5.74) is 1.04. The van der Waals surface area contributed by atoms with E-state index in [0.29, 0.717) is 13.0 Å². The SMILES string of the molecule is COC(=O)CC[C@]1(c2ccccc2)CN([C@@H](C)c2ccc(Br)cc2)C(=O)O1. The molecule has 2 atom stereocenters. The third kappa shape index (κ3) is 4.16. The third-order valence-electron chi connectivity index (χ3n) is 5.02. The van der Waals surface area contributed by atoms with Gasteiger partial charge in [0.05, 0.1) is 19.7 Å². The number of benzene rings is 2. The van der Waals surface area contributed by atoms with Gasteiger partial charge in [0.15, 0.2) is 5.60 Å². The summed E-state index contributed by atoms with van der Waals surface area (Å²) in [5.74, 6) is -0.319. The molecule has 0 N–H and O–H groups in total. The Morgan fingerprint density at radius 1 is 1.22 bits per heavy atom. The predicted octanol–water partition coefficient (Wildman–Crippen LogP) is 4.81. The molecule has 1 heterocycles. The lowest BCUT2D eigenvalue weighted by Crippen LogP contribution is -2.34. The third-order valence-corrected chi connectivity index (χ3v) is 5.55. The van der Waals surface area contributed by atoms with Crippen LogP contribution in [0.15, 0.2) is 59.1 Å². The van der Waals surface area contributed by atoms with Crippen molar-refractivity contribution in [2.75, 3.05) is 13.7 Å². The smallest absolute Gasteiger partial charge is 0.411 e. The number of amides is 1. The van der Waals surface area contributed by atoms with E-state index < -0.39 is 5.60 Å². The zero-order chi connectivity index (χ0) is 19.4. The van der Waals surface area contributed by atoms with E-state index in [9.17, 15) is 9.59 Å². The molecule has 1 aliphatic heterocycles. The van der Waals surface area contributed by atoms with Crippen LogP contribution in [0.3, 0.4) is 0 Å². The molecule has 1 fully saturated rings. The molecule has 6 heteroatoms. The molecular formula is C21H22BrNO4. The monoisotopic (exact) mass is 431 g/mol. The molecule has 0 bridgehead atoms. The van der Waals surface area contributed by atoms with Gasteiger partial charge in [-0.2, -0.15) is 0 Å². The van der Waals surface area contributed by atoms with Crippen LogP contribution < -0.4 is 0 Å². The second kappa shape index (κ2) is 8.13. The van der Waals surface area contributed by atoms with Crippen LogP contribution in [0.25, 0.3) is 0 Å². The molecule has 0 aliphatic carbocycles. The quantitative estimate of drug-likeness (QED) is 0.615. The highest BCUT2D eigenvalue weighted by atomic mass is 79.9. The van der Waals surface area contributed by atoms with E-state index in [-0.39, 0.29) is 24.5 Å². The summed E-state index contributed by atoms with van der Waals surface area (Å²) >= 11 is 3.43. The molecule has 0 unspecified atom stereocenters. The Labute approximate surface area is 167 Å². The number of carbonyl (C=O) groups is 2. The molecule has 3 rings (SSSR count). The first-order chi connectivity index (χ1) is 12.9. The van der Waals surface area contributed by atoms with Gasteiger partial charge in [0, 0.05) is 17.3 Å². The van der Waals surface area contributed by atoms with Crippen LogP contribution in [-0.4, -0.2) is 30.6 Å². The minimum Gasteiger partial charge on any atom is -0.469 e. The first-order valence-electron chi connectivity index (χ1n) is 8.82. The minimum atomic E-state index is -0.865. The maximum Gasteiger partial charge on any atom is 0.411 e. The van der Waals surface area contributed by atoms with Crippen molar-refractivity contribution in [3.8, 4) is 0 Å². The molecule has 0 spiro atoms. The number of hydrogen-bond acceptors (Lipinski definition) is 4. The van der Waals surface area contributed by atoms with Gasteiger partial charge in [-0.05, 0) is 30.2 Å². The fraction of sp³-hybridized carbons (Fsp3) is 0.333. The number of hydrogen-bond donors (Lipinski definition) is 0. The first kappa shape index (κ1) is 19.4. The summed E-state index contributed by atoms with van der Waals surface area (Å²) in [7, 11) is 1.36. The van der Waals surface area contributed by atoms with Crippen molar-refractivity contribution in [1.29, 1.82) is 0 Å². The van der Waals surface area contributed by atoms with Gasteiger partial charge in [0.2, 0.25) is 0 Å². The average molecular weight is 432 g/mol. The average Bonchev–Trinajstić information content (AvgIpc) is 3.04. The zero-order valence-electron chi connectivity index (χ0n) is 15.4. The number of halogens is 1. The molecule has 0 aromatic heterocycles. The Morgan fingerprint density at radius 3 is 2.52 bits per heavy atom. The number of methoxy groups -OCH3 is 1. The number of ether oxygens (including phenoxy) is 2. The van der Waals surface area contributed by atoms with Crippen molar-refractivity contribution >= 4 is 28.0 Å². The predicted molar refractivity (Wildman–Crippen MR) is 105 cm³/mol. The van der Waals surface area contributed by atoms with E-state index in [1.165, 1.54) is 7.11 Å². The second-order valence-electron chi connectivity index (χ2n) is 6.66. The lowest BCUT2D eigenvalue weighted by atomic mass is 9.88. The van der Waals surface area contributed by atoms with E-state index >= 15 is 0 Å². The van der Waals surface area contributed by atoms with Crippen molar-refractivity contribution in [2.24, 2.45) is 0 Å². The maximum atomic E-state index is 12.7. The first-order valence-corrected chi connectivity index (χ1v) is 9.62. The zero-order valence-corrected chi connectivity index (χ0v) is 16.9. The Kier molecular flexibility index (Phi) is 5.85. The van der Waals surface area contributed by atoms with Gasteiger partial charge in [-0.25, -0.2) is 4.79 Å². The lowest BCUT2D eigenvalue weighted by molar-refractivity contribution is -0.141. The van der Waals surface area contributed by atoms with Crippen LogP contribution in [0.4, 0.5) is 4.79 Å². The summed E-state index contributed by atoms with van der Waals surface area (Å²) in [4.78, 5) is 26.2. The summed E-state index contributed by atoms with van der Waals surface area (Å²) in [6.07, 6.45) is 0.178. The van der Waals surface area contributed by atoms with Gasteiger partial charge < -0.3 is 9.47 Å². The normalized spacial score (nSPS) is 20.3. The molecule has 1 amide bonds. The van der Waals surface area contributed by atoms with Crippen molar-refractivity contribution in [3.05, 3.63) is 70.2 Å². The van der Waals surface area contributed by atoms with E-state index in [2.05, 4.69) is 15.9 Å². The van der Waals surface area contributed by atoms with Crippen LogP contribution in [-0.2, 0) is 19.9 Å². The fourth-order valence-electron chi connectivity index (χ4n) is 3.39. The standard InChI is InChI=1S/C21H22BrNO4/c1-15(16-8-10-18(22)11-9-16)23-14-21(27-20(23)25,13-12-19(24)26-2)17-6-4-3-5-7-17/h3-11,15H,12-14H2,1-2H3/t15-,21+/m0/s1. The fourth-order valence-corrected chi connectivity index (χ4v) is 3.65. The van der Waals surface area contributed by atoms with Gasteiger partial charge >= 0.3 is 12.1 Å². The van der Waals surface area contributed by atoms with Crippen molar-refractivity contribution in [2.45, 2.75) is 31.4 Å². The highest BCUT2D eigenvalue weighted by molar-refractivity contribution is 9.10. The molecule has 142 valence electrons. The minimum absolute atomic E-state index is 0.144. The van der Waals surface area contributed by atoms with Gasteiger partial charge in [-0.15, -0.1) is 0 Å². The van der Waals surface area contributed by atoms with E-state index in [1.54, 1.807) is 4.90 Å². The topological polar surface area (TPSA) is 55.8 Å². The summed E-state index contributed by atoms with van der Waals surface area (Å²) in [6, 6.07) is 17.3. The summed E-state index contributed by atoms with van der Waals surface area (Å²) < 4.78 is 11.6. The highest BCUT2D eigenvalue weighted by Crippen LogP contribution is 2.40. The number of rotatable bonds is 6. The molecule has 27 heavy (non-hydrogen) atoms. The molecule has 2 aromatic carbocycles. The number of carbonyl (C=O) groups excluding carboxylic acids is 2. The van der Waals surface area contributed by atoms with Crippen LogP contribution in [0, 0.1) is 0 Å². The summed E-state index contributed by atoms with van der Waals surface area (Å²) in [5, 5.41) is 0. The summed E-state index contributed by atoms with van der Waals surface area (Å²) in [6.45, 7) is 2.36. The van der Waals surface area contributed by atoms with Crippen LogP contribution in [0.1, 0.15) is 36.9 Å². The Morgan fingerprint density at radius 2 is 1.89 bits per heavy atom. The van der Waals surface area contributed by atoms with Gasteiger partial charge in [0.25, 0.3) is 0 Å². The van der Waals surface area contributed by atoms with Gasteiger partial charge in [-0.1, -0.05) is 58.4 Å². The van der Waals surface area contributed by atoms with Crippen LogP contribution >= 0.6 is 15.9 Å². The van der Waals surface area contributed by atoms with Crippen LogP contribution in [0.2, 0.25) is 0 Å². The molecule has 0 saturated carbocycles. The van der Waals surface area contributed by atoms with E-state index in [1.807, 2.05) is 61.5 Å². The molecule has 2 aromatic rings. The molecule has 1 aliphatic rings. The van der Waals surface area contributed by atoms with Crippen molar-refractivity contribution in [3.63, 3.8) is 0 Å².